The minimum absolute atomic E-state index is 0.0503. The summed E-state index contributed by atoms with van der Waals surface area (Å²) in [6.45, 7) is 2.01. The van der Waals surface area contributed by atoms with Gasteiger partial charge in [-0.25, -0.2) is 9.18 Å². The predicted octanol–water partition coefficient (Wildman–Crippen LogP) is 3.17. The number of nitrogens with zero attached hydrogens (tertiary/aromatic N) is 1. The molecule has 2 N–H and O–H groups in total. The van der Waals surface area contributed by atoms with Crippen LogP contribution in [0.15, 0.2) is 24.3 Å². The standard InChI is InChI=1S/C15H20FNO3/c1-2-4-12-7-8-13(17(12)15(19)20)14(18)10-5-3-6-11(16)9-10/h3,5-6,9,12-14,18H,2,4,7-8H2,1H3,(H,19,20)/t12-,13+,14+/m1/s1. The normalized spacial score (nSPS) is 23.9. The van der Waals surface area contributed by atoms with Crippen molar-refractivity contribution in [3.63, 3.8) is 0 Å². The molecule has 1 aromatic rings. The van der Waals surface area contributed by atoms with Crippen LogP contribution in [-0.4, -0.2) is 33.3 Å². The number of amides is 1. The molecule has 20 heavy (non-hydrogen) atoms. The molecule has 2 rings (SSSR count). The molecule has 0 bridgehead atoms. The molecule has 0 radical (unpaired) electrons. The average molecular weight is 281 g/mol. The number of aliphatic hydroxyl groups is 1. The summed E-state index contributed by atoms with van der Waals surface area (Å²) >= 11 is 0. The molecule has 1 aromatic carbocycles. The van der Waals surface area contributed by atoms with Crippen molar-refractivity contribution in [1.29, 1.82) is 0 Å². The van der Waals surface area contributed by atoms with Crippen LogP contribution >= 0.6 is 0 Å². The Morgan fingerprint density at radius 1 is 1.50 bits per heavy atom. The maximum atomic E-state index is 13.2. The molecule has 5 heteroatoms. The molecular weight excluding hydrogens is 261 g/mol. The van der Waals surface area contributed by atoms with E-state index in [1.807, 2.05) is 6.92 Å². The molecular formula is C15H20FNO3. The Kier molecular flexibility index (Phi) is 4.60. The number of rotatable bonds is 4. The van der Waals surface area contributed by atoms with Gasteiger partial charge in [0, 0.05) is 6.04 Å². The molecule has 0 aliphatic carbocycles. The van der Waals surface area contributed by atoms with Crippen LogP contribution in [0.2, 0.25) is 0 Å². The zero-order chi connectivity index (χ0) is 14.7. The Morgan fingerprint density at radius 2 is 2.25 bits per heavy atom. The van der Waals surface area contributed by atoms with Gasteiger partial charge in [0.25, 0.3) is 0 Å². The highest BCUT2D eigenvalue weighted by atomic mass is 19.1. The zero-order valence-electron chi connectivity index (χ0n) is 11.5. The molecule has 4 nitrogen and oxygen atoms in total. The van der Waals surface area contributed by atoms with E-state index in [0.717, 1.165) is 19.3 Å². The Labute approximate surface area is 117 Å². The lowest BCUT2D eigenvalue weighted by Gasteiger charge is -2.30. The molecule has 0 unspecified atom stereocenters. The fourth-order valence-corrected chi connectivity index (χ4v) is 3.05. The zero-order valence-corrected chi connectivity index (χ0v) is 11.5. The molecule has 1 fully saturated rings. The maximum Gasteiger partial charge on any atom is 0.407 e. The van der Waals surface area contributed by atoms with Crippen LogP contribution in [0.1, 0.15) is 44.3 Å². The summed E-state index contributed by atoms with van der Waals surface area (Å²) in [6, 6.07) is 5.17. The van der Waals surface area contributed by atoms with Gasteiger partial charge in [-0.2, -0.15) is 0 Å². The fourth-order valence-electron chi connectivity index (χ4n) is 3.05. The molecule has 1 heterocycles. The molecule has 1 aliphatic rings. The van der Waals surface area contributed by atoms with Crippen LogP contribution < -0.4 is 0 Å². The van der Waals surface area contributed by atoms with E-state index in [-0.39, 0.29) is 6.04 Å². The number of likely N-dealkylation sites (tertiary alicyclic amines) is 1. The maximum absolute atomic E-state index is 13.2. The monoisotopic (exact) mass is 281 g/mol. The first-order chi connectivity index (χ1) is 9.54. The lowest BCUT2D eigenvalue weighted by molar-refractivity contribution is 0.0525. The van der Waals surface area contributed by atoms with Crippen LogP contribution in [0.5, 0.6) is 0 Å². The number of hydrogen-bond donors (Lipinski definition) is 2. The number of carbonyl (C=O) groups is 1. The van der Waals surface area contributed by atoms with E-state index < -0.39 is 24.1 Å². The van der Waals surface area contributed by atoms with E-state index in [1.165, 1.54) is 23.1 Å². The molecule has 1 saturated heterocycles. The summed E-state index contributed by atoms with van der Waals surface area (Å²) in [4.78, 5) is 12.8. The highest BCUT2D eigenvalue weighted by Gasteiger charge is 2.40. The quantitative estimate of drug-likeness (QED) is 0.891. The van der Waals surface area contributed by atoms with E-state index in [9.17, 15) is 19.4 Å². The SMILES string of the molecule is CCC[C@@H]1CC[C@@H]([C@@H](O)c2cccc(F)c2)N1C(=O)O. The van der Waals surface area contributed by atoms with Gasteiger partial charge >= 0.3 is 6.09 Å². The van der Waals surface area contributed by atoms with Crippen LogP contribution in [0.4, 0.5) is 9.18 Å². The summed E-state index contributed by atoms with van der Waals surface area (Å²) in [7, 11) is 0. The van der Waals surface area contributed by atoms with Crippen molar-refractivity contribution < 1.29 is 19.4 Å². The van der Waals surface area contributed by atoms with Crippen molar-refractivity contribution >= 4 is 6.09 Å². The summed E-state index contributed by atoms with van der Waals surface area (Å²) in [5, 5.41) is 19.8. The Hall–Kier alpha value is -1.62. The van der Waals surface area contributed by atoms with Gasteiger partial charge in [0.05, 0.1) is 12.1 Å². The molecule has 3 atom stereocenters. The van der Waals surface area contributed by atoms with Gasteiger partial charge in [-0.3, -0.25) is 4.90 Å². The van der Waals surface area contributed by atoms with Crippen molar-refractivity contribution in [2.45, 2.75) is 50.8 Å². The molecule has 0 aromatic heterocycles. The Balaban J connectivity index is 2.20. The van der Waals surface area contributed by atoms with Crippen LogP contribution in [0.3, 0.4) is 0 Å². The first-order valence-electron chi connectivity index (χ1n) is 6.99. The minimum Gasteiger partial charge on any atom is -0.465 e. The lowest BCUT2D eigenvalue weighted by atomic mass is 10.0. The predicted molar refractivity (Wildman–Crippen MR) is 72.9 cm³/mol. The van der Waals surface area contributed by atoms with E-state index in [4.69, 9.17) is 0 Å². The smallest absolute Gasteiger partial charge is 0.407 e. The molecule has 1 amide bonds. The fraction of sp³-hybridized carbons (Fsp3) is 0.533. The minimum atomic E-state index is -1.01. The van der Waals surface area contributed by atoms with Gasteiger partial charge in [0.1, 0.15) is 5.82 Å². The lowest BCUT2D eigenvalue weighted by Crippen LogP contribution is -2.43. The first-order valence-corrected chi connectivity index (χ1v) is 6.99. The van der Waals surface area contributed by atoms with Gasteiger partial charge in [-0.1, -0.05) is 25.5 Å². The number of carboxylic acid groups (broad SMARTS) is 1. The van der Waals surface area contributed by atoms with Gasteiger partial charge in [0.2, 0.25) is 0 Å². The van der Waals surface area contributed by atoms with Gasteiger partial charge in [0.15, 0.2) is 0 Å². The number of halogens is 1. The second kappa shape index (κ2) is 6.22. The second-order valence-corrected chi connectivity index (χ2v) is 5.28. The van der Waals surface area contributed by atoms with E-state index >= 15 is 0 Å². The van der Waals surface area contributed by atoms with Crippen molar-refractivity contribution in [2.75, 3.05) is 0 Å². The van der Waals surface area contributed by atoms with Gasteiger partial charge < -0.3 is 10.2 Å². The molecule has 0 spiro atoms. The Morgan fingerprint density at radius 3 is 2.85 bits per heavy atom. The second-order valence-electron chi connectivity index (χ2n) is 5.28. The van der Waals surface area contributed by atoms with Crippen molar-refractivity contribution in [3.05, 3.63) is 35.6 Å². The first kappa shape index (κ1) is 14.8. The largest absolute Gasteiger partial charge is 0.465 e. The van der Waals surface area contributed by atoms with Gasteiger partial charge in [-0.05, 0) is 37.0 Å². The van der Waals surface area contributed by atoms with Crippen LogP contribution in [0.25, 0.3) is 0 Å². The number of benzene rings is 1. The summed E-state index contributed by atoms with van der Waals surface area (Å²) in [5.41, 5.74) is 0.429. The van der Waals surface area contributed by atoms with Crippen molar-refractivity contribution in [3.8, 4) is 0 Å². The topological polar surface area (TPSA) is 60.8 Å². The third-order valence-electron chi connectivity index (χ3n) is 3.94. The van der Waals surface area contributed by atoms with E-state index in [0.29, 0.717) is 12.0 Å². The summed E-state index contributed by atoms with van der Waals surface area (Å²) in [6.07, 6.45) is 1.05. The highest BCUT2D eigenvalue weighted by Crippen LogP contribution is 2.35. The van der Waals surface area contributed by atoms with E-state index in [1.54, 1.807) is 6.07 Å². The molecule has 110 valence electrons. The average Bonchev–Trinajstić information content (AvgIpc) is 2.82. The molecule has 0 saturated carbocycles. The third-order valence-corrected chi connectivity index (χ3v) is 3.94. The van der Waals surface area contributed by atoms with E-state index in [2.05, 4.69) is 0 Å². The molecule has 1 aliphatic heterocycles. The summed E-state index contributed by atoms with van der Waals surface area (Å²) in [5.74, 6) is -0.425. The third kappa shape index (κ3) is 2.93. The van der Waals surface area contributed by atoms with Crippen LogP contribution in [0, 0.1) is 5.82 Å². The van der Waals surface area contributed by atoms with Gasteiger partial charge in [-0.15, -0.1) is 0 Å². The number of aliphatic hydroxyl groups excluding tert-OH is 1. The number of hydrogen-bond acceptors (Lipinski definition) is 2. The summed E-state index contributed by atoms with van der Waals surface area (Å²) < 4.78 is 13.2. The Bertz CT molecular complexity index is 480. The van der Waals surface area contributed by atoms with Crippen molar-refractivity contribution in [1.82, 2.24) is 4.90 Å². The van der Waals surface area contributed by atoms with Crippen LogP contribution in [-0.2, 0) is 0 Å². The van der Waals surface area contributed by atoms with Crippen molar-refractivity contribution in [2.24, 2.45) is 0 Å². The highest BCUT2D eigenvalue weighted by molar-refractivity contribution is 5.66.